The lowest BCUT2D eigenvalue weighted by atomic mass is 9.73. The number of primary amides is 1. The second-order valence-corrected chi connectivity index (χ2v) is 13.9. The van der Waals surface area contributed by atoms with Gasteiger partial charge in [-0.15, -0.1) is 0 Å². The Balaban J connectivity index is 1.20. The summed E-state index contributed by atoms with van der Waals surface area (Å²) in [6.07, 6.45) is 0.391. The van der Waals surface area contributed by atoms with Gasteiger partial charge in [0.1, 0.15) is 5.54 Å². The summed E-state index contributed by atoms with van der Waals surface area (Å²) >= 11 is 0. The first kappa shape index (κ1) is 29.5. The first-order valence-electron chi connectivity index (χ1n) is 15.7. The van der Waals surface area contributed by atoms with Crippen molar-refractivity contribution in [3.63, 3.8) is 0 Å². The number of alkyl halides is 3. The predicted octanol–water partition coefficient (Wildman–Crippen LogP) is 4.10. The number of anilines is 2. The fourth-order valence-electron chi connectivity index (χ4n) is 8.75. The van der Waals surface area contributed by atoms with Crippen molar-refractivity contribution in [2.75, 3.05) is 37.7 Å². The third kappa shape index (κ3) is 4.76. The van der Waals surface area contributed by atoms with Gasteiger partial charge in [-0.1, -0.05) is 24.6 Å². The monoisotopic (exact) mass is 612 g/mol. The number of fused-ring (bicyclic) bond motifs is 4. The number of amides is 2. The molecule has 1 aromatic carbocycles. The number of rotatable bonds is 5. The van der Waals surface area contributed by atoms with E-state index in [1.165, 1.54) is 0 Å². The Bertz CT molecular complexity index is 1490. The molecule has 4 heterocycles. The number of nitrogens with one attached hydrogen (secondary N) is 1. The molecular weight excluding hydrogens is 573 g/mol. The minimum atomic E-state index is -4.92. The molecule has 44 heavy (non-hydrogen) atoms. The first-order valence-corrected chi connectivity index (χ1v) is 15.7. The average molecular weight is 613 g/mol. The molecule has 1 spiro atoms. The maximum atomic E-state index is 14.6. The fourth-order valence-corrected chi connectivity index (χ4v) is 8.75. The summed E-state index contributed by atoms with van der Waals surface area (Å²) in [6, 6.07) is 6.43. The van der Waals surface area contributed by atoms with Crippen LogP contribution in [0.5, 0.6) is 0 Å². The Morgan fingerprint density at radius 2 is 1.89 bits per heavy atom. The van der Waals surface area contributed by atoms with Gasteiger partial charge >= 0.3 is 6.18 Å². The number of aryl methyl sites for hydroxylation is 1. The first-order chi connectivity index (χ1) is 20.9. The van der Waals surface area contributed by atoms with Gasteiger partial charge in [0.05, 0.1) is 24.8 Å². The van der Waals surface area contributed by atoms with Gasteiger partial charge in [0.2, 0.25) is 11.9 Å². The van der Waals surface area contributed by atoms with Gasteiger partial charge in [-0.3, -0.25) is 14.5 Å². The second-order valence-electron chi connectivity index (χ2n) is 13.9. The van der Waals surface area contributed by atoms with Crippen molar-refractivity contribution in [2.45, 2.75) is 75.5 Å². The highest BCUT2D eigenvalue weighted by molar-refractivity contribution is 6.00. The minimum absolute atomic E-state index is 0.0964. The van der Waals surface area contributed by atoms with Crippen LogP contribution in [0.1, 0.15) is 72.6 Å². The minimum Gasteiger partial charge on any atom is -0.378 e. The van der Waals surface area contributed by atoms with Crippen LogP contribution in [0.25, 0.3) is 0 Å². The molecule has 2 saturated heterocycles. The van der Waals surface area contributed by atoms with Gasteiger partial charge in [-0.25, -0.2) is 9.97 Å². The summed E-state index contributed by atoms with van der Waals surface area (Å²) in [4.78, 5) is 38.9. The molecule has 2 bridgehead atoms. The van der Waals surface area contributed by atoms with Gasteiger partial charge in [-0.2, -0.15) is 13.2 Å². The third-order valence-corrected chi connectivity index (χ3v) is 11.0. The van der Waals surface area contributed by atoms with Crippen molar-refractivity contribution in [1.82, 2.24) is 20.2 Å². The summed E-state index contributed by atoms with van der Waals surface area (Å²) in [6.45, 7) is 7.79. The van der Waals surface area contributed by atoms with E-state index >= 15 is 0 Å². The van der Waals surface area contributed by atoms with Gasteiger partial charge in [0, 0.05) is 23.8 Å². The van der Waals surface area contributed by atoms with Gasteiger partial charge in [0.15, 0.2) is 5.69 Å². The molecule has 4 unspecified atom stereocenters. The molecule has 1 aromatic heterocycles. The highest BCUT2D eigenvalue weighted by Crippen LogP contribution is 2.52. The van der Waals surface area contributed by atoms with E-state index in [0.717, 1.165) is 75.0 Å². The van der Waals surface area contributed by atoms with Gasteiger partial charge in [0.25, 0.3) is 5.91 Å². The Morgan fingerprint density at radius 3 is 2.55 bits per heavy atom. The van der Waals surface area contributed by atoms with E-state index in [9.17, 15) is 22.8 Å². The molecule has 236 valence electrons. The van der Waals surface area contributed by atoms with Crippen molar-refractivity contribution in [3.8, 4) is 0 Å². The summed E-state index contributed by atoms with van der Waals surface area (Å²) in [5.74, 6) is -1.50. The van der Waals surface area contributed by atoms with Crippen molar-refractivity contribution in [1.29, 1.82) is 0 Å². The number of nitrogens with two attached hydrogens (primary N) is 1. The summed E-state index contributed by atoms with van der Waals surface area (Å²) in [7, 11) is 0. The van der Waals surface area contributed by atoms with E-state index < -0.39 is 34.8 Å². The van der Waals surface area contributed by atoms with Crippen LogP contribution in [0.4, 0.5) is 24.8 Å². The number of nitrogens with zero attached hydrogens (tertiary/aromatic N) is 4. The molecule has 9 nitrogen and oxygen atoms in total. The molecule has 3 N–H and O–H groups in total. The topological polar surface area (TPSA) is 114 Å². The molecule has 5 aliphatic rings. The van der Waals surface area contributed by atoms with Crippen molar-refractivity contribution >= 4 is 23.5 Å². The van der Waals surface area contributed by atoms with Crippen LogP contribution in [0, 0.1) is 24.7 Å². The Hall–Kier alpha value is -3.25. The predicted molar refractivity (Wildman–Crippen MR) is 156 cm³/mol. The van der Waals surface area contributed by atoms with Crippen molar-refractivity contribution in [2.24, 2.45) is 23.5 Å². The average Bonchev–Trinajstić information content (AvgIpc) is 3.38. The fraction of sp³-hybridized carbons (Fsp3) is 0.625. The van der Waals surface area contributed by atoms with E-state index in [1.54, 1.807) is 4.90 Å². The molecule has 0 radical (unpaired) electrons. The Kier molecular flexibility index (Phi) is 6.96. The van der Waals surface area contributed by atoms with E-state index in [4.69, 9.17) is 10.5 Å². The smallest absolute Gasteiger partial charge is 0.378 e. The molecule has 2 amide bonds. The largest absolute Gasteiger partial charge is 0.434 e. The lowest BCUT2D eigenvalue weighted by molar-refractivity contribution is -0.141. The zero-order valence-corrected chi connectivity index (χ0v) is 25.1. The molecule has 4 atom stereocenters. The van der Waals surface area contributed by atoms with Gasteiger partial charge < -0.3 is 20.7 Å². The van der Waals surface area contributed by atoms with Crippen LogP contribution in [-0.2, 0) is 21.1 Å². The number of aromatic nitrogens is 2. The maximum absolute atomic E-state index is 14.6. The van der Waals surface area contributed by atoms with Crippen LogP contribution in [0.2, 0.25) is 0 Å². The van der Waals surface area contributed by atoms with E-state index in [0.29, 0.717) is 31.3 Å². The number of piperidine rings is 1. The molecule has 3 aliphatic heterocycles. The Morgan fingerprint density at radius 1 is 1.14 bits per heavy atom. The number of hydrogen-bond acceptors (Lipinski definition) is 7. The number of ether oxygens (including phenoxy) is 1. The van der Waals surface area contributed by atoms with Crippen LogP contribution >= 0.6 is 0 Å². The summed E-state index contributed by atoms with van der Waals surface area (Å²) in [5, 5.41) is 2.67. The van der Waals surface area contributed by atoms with E-state index in [-0.39, 0.29) is 23.2 Å². The quantitative estimate of drug-likeness (QED) is 0.523. The van der Waals surface area contributed by atoms with E-state index in [2.05, 4.69) is 33.2 Å². The summed E-state index contributed by atoms with van der Waals surface area (Å²) in [5.41, 5.74) is 5.16. The Labute approximate surface area is 254 Å². The molecule has 2 aromatic rings. The molecule has 2 aliphatic carbocycles. The molecule has 4 fully saturated rings. The molecule has 2 saturated carbocycles. The van der Waals surface area contributed by atoms with Crippen molar-refractivity contribution in [3.05, 3.63) is 46.8 Å². The molecular formula is C32H39F3N6O3. The number of hydrogen-bond donors (Lipinski definition) is 2. The number of benzene rings is 1. The number of likely N-dealkylation sites (tertiary alicyclic amines) is 1. The van der Waals surface area contributed by atoms with Gasteiger partial charge in [-0.05, 0) is 87.9 Å². The van der Waals surface area contributed by atoms with E-state index in [1.807, 2.05) is 19.1 Å². The third-order valence-electron chi connectivity index (χ3n) is 11.0. The highest BCUT2D eigenvalue weighted by atomic mass is 19.4. The molecule has 7 rings (SSSR count). The summed E-state index contributed by atoms with van der Waals surface area (Å²) < 4.78 is 49.1. The lowest BCUT2D eigenvalue weighted by Crippen LogP contribution is -2.60. The second kappa shape index (κ2) is 10.4. The number of carbonyl (C=O) groups is 2. The normalized spacial score (nSPS) is 29.8. The zero-order chi connectivity index (χ0) is 31.0. The van der Waals surface area contributed by atoms with Crippen LogP contribution in [0.15, 0.2) is 24.4 Å². The van der Waals surface area contributed by atoms with Crippen LogP contribution in [0.3, 0.4) is 0 Å². The molecule has 12 heteroatoms. The zero-order valence-electron chi connectivity index (χ0n) is 25.1. The maximum Gasteiger partial charge on any atom is 0.434 e. The number of halogens is 3. The number of carbonyl (C=O) groups excluding carboxylic acids is 2. The van der Waals surface area contributed by atoms with Crippen LogP contribution < -0.4 is 16.0 Å². The van der Waals surface area contributed by atoms with Crippen LogP contribution in [-0.4, -0.2) is 71.1 Å². The highest BCUT2D eigenvalue weighted by Gasteiger charge is 2.56. The van der Waals surface area contributed by atoms with Crippen molar-refractivity contribution < 1.29 is 27.5 Å². The lowest BCUT2D eigenvalue weighted by Gasteiger charge is -2.45. The SMILES string of the molecule is Cc1ccc2c(c1)C1(CCN(C3COC3)CC1)CN2c1ncc(C(=O)NC2(C(N)=O)CC3CC(C)CC2C3)c(C(F)(F)F)n1. The standard InChI is InChI=1S/C32H39F3N6O3/c1-18-3-4-25-24(11-18)30(5-7-40(8-6-30)22-15-44-16-22)17-41(25)29-37-14-23(26(38-29)32(33,34)35)27(42)39-31(28(36)43)13-20-9-19(2)10-21(31)12-20/h3-4,11,14,19-22H,5-10,12-13,15-17H2,1-2H3,(H2,36,43)(H,39,42).